The molecule has 15 heavy (non-hydrogen) atoms. The summed E-state index contributed by atoms with van der Waals surface area (Å²) in [6, 6.07) is 2.59. The van der Waals surface area contributed by atoms with Crippen molar-refractivity contribution in [3.05, 3.63) is 34.2 Å². The molecule has 0 aliphatic rings. The van der Waals surface area contributed by atoms with Crippen molar-refractivity contribution in [1.29, 1.82) is 0 Å². The molecule has 1 aromatic rings. The van der Waals surface area contributed by atoms with Gasteiger partial charge in [0.05, 0.1) is 6.42 Å². The second-order valence-electron chi connectivity index (χ2n) is 2.84. The van der Waals surface area contributed by atoms with Crippen molar-refractivity contribution in [2.45, 2.75) is 6.42 Å². The van der Waals surface area contributed by atoms with E-state index < -0.39 is 11.9 Å². The van der Waals surface area contributed by atoms with Crippen LogP contribution in [-0.4, -0.2) is 28.5 Å². The fraction of sp³-hybridized carbons (Fsp3) is 0.222. The van der Waals surface area contributed by atoms with E-state index in [1.54, 1.807) is 0 Å². The average Bonchev–Trinajstić information content (AvgIpc) is 2.17. The van der Waals surface area contributed by atoms with Gasteiger partial charge >= 0.3 is 5.97 Å². The molecule has 1 rings (SSSR count). The van der Waals surface area contributed by atoms with Gasteiger partial charge < -0.3 is 15.4 Å². The summed E-state index contributed by atoms with van der Waals surface area (Å²) in [7, 11) is 0. The van der Waals surface area contributed by atoms with E-state index in [0.29, 0.717) is 0 Å². The lowest BCUT2D eigenvalue weighted by Gasteiger charge is -2.02. The molecule has 80 valence electrons. The number of rotatable bonds is 4. The molecule has 0 fully saturated rings. The molecule has 3 N–H and O–H groups in total. The maximum absolute atomic E-state index is 11.3. The van der Waals surface area contributed by atoms with Crippen LogP contribution in [0.4, 0.5) is 0 Å². The molecule has 0 bridgehead atoms. The van der Waals surface area contributed by atoms with Crippen LogP contribution in [0.15, 0.2) is 23.1 Å². The zero-order valence-electron chi connectivity index (χ0n) is 7.82. The normalized spacial score (nSPS) is 9.60. The minimum Gasteiger partial charge on any atom is -0.481 e. The van der Waals surface area contributed by atoms with Gasteiger partial charge in [-0.15, -0.1) is 0 Å². The van der Waals surface area contributed by atoms with Crippen LogP contribution in [0.2, 0.25) is 0 Å². The molecule has 1 heterocycles. The van der Waals surface area contributed by atoms with E-state index >= 15 is 0 Å². The lowest BCUT2D eigenvalue weighted by Crippen LogP contribution is -2.27. The average molecular weight is 210 g/mol. The molecular formula is C9H10N2O4. The molecule has 1 amide bonds. The number of aromatic amines is 1. The van der Waals surface area contributed by atoms with Gasteiger partial charge in [-0.3, -0.25) is 14.4 Å². The summed E-state index contributed by atoms with van der Waals surface area (Å²) in [6.45, 7) is 0.0426. The molecule has 0 spiro atoms. The van der Waals surface area contributed by atoms with Gasteiger partial charge in [0, 0.05) is 24.4 Å². The number of nitrogens with one attached hydrogen (secondary N) is 2. The lowest BCUT2D eigenvalue weighted by molar-refractivity contribution is -0.136. The number of carboxylic acid groups (broad SMARTS) is 1. The van der Waals surface area contributed by atoms with Crippen LogP contribution in [0.3, 0.4) is 0 Å². The standard InChI is InChI=1S/C9H10N2O4/c12-7-5-6(1-3-10-7)9(15)11-4-2-8(13)14/h1,3,5H,2,4H2,(H,10,12)(H,11,15)(H,13,14). The Labute approximate surface area is 84.9 Å². The minimum atomic E-state index is -0.985. The molecular weight excluding hydrogens is 200 g/mol. The third-order valence-electron chi connectivity index (χ3n) is 1.66. The summed E-state index contributed by atoms with van der Waals surface area (Å²) in [4.78, 5) is 34.7. The maximum atomic E-state index is 11.3. The van der Waals surface area contributed by atoms with E-state index in [0.717, 1.165) is 6.07 Å². The first-order chi connectivity index (χ1) is 7.09. The number of carbonyl (C=O) groups excluding carboxylic acids is 1. The van der Waals surface area contributed by atoms with Gasteiger partial charge in [0.15, 0.2) is 0 Å². The van der Waals surface area contributed by atoms with E-state index in [4.69, 9.17) is 5.11 Å². The molecule has 0 aliphatic carbocycles. The number of aromatic nitrogens is 1. The Morgan fingerprint density at radius 1 is 1.47 bits per heavy atom. The third kappa shape index (κ3) is 3.63. The number of hydrogen-bond acceptors (Lipinski definition) is 3. The summed E-state index contributed by atoms with van der Waals surface area (Å²) in [5.74, 6) is -1.44. The zero-order chi connectivity index (χ0) is 11.3. The van der Waals surface area contributed by atoms with Crippen molar-refractivity contribution in [1.82, 2.24) is 10.3 Å². The van der Waals surface area contributed by atoms with Crippen LogP contribution in [0.1, 0.15) is 16.8 Å². The Balaban J connectivity index is 2.54. The quantitative estimate of drug-likeness (QED) is 0.628. The summed E-state index contributed by atoms with van der Waals surface area (Å²) >= 11 is 0. The van der Waals surface area contributed by atoms with Crippen LogP contribution < -0.4 is 10.9 Å². The number of H-pyrrole nitrogens is 1. The Hall–Kier alpha value is -2.11. The van der Waals surface area contributed by atoms with Crippen LogP contribution in [0.5, 0.6) is 0 Å². The molecule has 6 heteroatoms. The van der Waals surface area contributed by atoms with Crippen LogP contribution in [0, 0.1) is 0 Å². The second kappa shape index (κ2) is 4.94. The zero-order valence-corrected chi connectivity index (χ0v) is 7.82. The number of aliphatic carboxylic acids is 1. The highest BCUT2D eigenvalue weighted by Crippen LogP contribution is 1.92. The molecule has 0 atom stereocenters. The van der Waals surface area contributed by atoms with Crippen molar-refractivity contribution in [2.24, 2.45) is 0 Å². The van der Waals surface area contributed by atoms with Crippen LogP contribution >= 0.6 is 0 Å². The Kier molecular flexibility index (Phi) is 3.61. The van der Waals surface area contributed by atoms with Crippen molar-refractivity contribution in [2.75, 3.05) is 6.54 Å². The fourth-order valence-electron chi connectivity index (χ4n) is 0.971. The van der Waals surface area contributed by atoms with Gasteiger partial charge in [-0.05, 0) is 6.07 Å². The minimum absolute atomic E-state index is 0.0426. The molecule has 0 radical (unpaired) electrons. The number of pyridine rings is 1. The van der Waals surface area contributed by atoms with Gasteiger partial charge in [0.2, 0.25) is 5.56 Å². The highest BCUT2D eigenvalue weighted by atomic mass is 16.4. The van der Waals surface area contributed by atoms with Crippen molar-refractivity contribution < 1.29 is 14.7 Å². The predicted octanol–water partition coefficient (Wildman–Crippen LogP) is -0.421. The number of carboxylic acids is 1. The van der Waals surface area contributed by atoms with Gasteiger partial charge in [-0.25, -0.2) is 0 Å². The summed E-state index contributed by atoms with van der Waals surface area (Å²) in [6.07, 6.45) is 1.21. The molecule has 1 aromatic heterocycles. The molecule has 0 aliphatic heterocycles. The first kappa shape index (κ1) is 11.0. The molecule has 0 saturated carbocycles. The van der Waals surface area contributed by atoms with E-state index in [1.165, 1.54) is 12.3 Å². The van der Waals surface area contributed by atoms with Gasteiger partial charge in [-0.1, -0.05) is 0 Å². The molecule has 0 unspecified atom stereocenters. The Morgan fingerprint density at radius 3 is 2.80 bits per heavy atom. The van der Waals surface area contributed by atoms with Gasteiger partial charge in [0.25, 0.3) is 5.91 Å². The number of carbonyl (C=O) groups is 2. The van der Waals surface area contributed by atoms with Crippen molar-refractivity contribution >= 4 is 11.9 Å². The van der Waals surface area contributed by atoms with E-state index in [2.05, 4.69) is 10.3 Å². The summed E-state index contributed by atoms with van der Waals surface area (Å²) in [5, 5.41) is 10.7. The van der Waals surface area contributed by atoms with Crippen molar-refractivity contribution in [3.63, 3.8) is 0 Å². The Morgan fingerprint density at radius 2 is 2.20 bits per heavy atom. The van der Waals surface area contributed by atoms with Gasteiger partial charge in [0.1, 0.15) is 0 Å². The van der Waals surface area contributed by atoms with Gasteiger partial charge in [-0.2, -0.15) is 0 Å². The third-order valence-corrected chi connectivity index (χ3v) is 1.66. The molecule has 0 aromatic carbocycles. The largest absolute Gasteiger partial charge is 0.481 e. The maximum Gasteiger partial charge on any atom is 0.305 e. The van der Waals surface area contributed by atoms with E-state index in [-0.39, 0.29) is 24.1 Å². The van der Waals surface area contributed by atoms with Crippen LogP contribution in [0.25, 0.3) is 0 Å². The van der Waals surface area contributed by atoms with E-state index in [1.807, 2.05) is 0 Å². The smallest absolute Gasteiger partial charge is 0.305 e. The second-order valence-corrected chi connectivity index (χ2v) is 2.84. The summed E-state index contributed by atoms with van der Waals surface area (Å²) < 4.78 is 0. The summed E-state index contributed by atoms with van der Waals surface area (Å²) in [5.41, 5.74) is -0.162. The topological polar surface area (TPSA) is 99.3 Å². The van der Waals surface area contributed by atoms with Crippen molar-refractivity contribution in [3.8, 4) is 0 Å². The monoisotopic (exact) mass is 210 g/mol. The van der Waals surface area contributed by atoms with E-state index in [9.17, 15) is 14.4 Å². The fourth-order valence-corrected chi connectivity index (χ4v) is 0.971. The highest BCUT2D eigenvalue weighted by Gasteiger charge is 2.05. The lowest BCUT2D eigenvalue weighted by atomic mass is 10.2. The first-order valence-electron chi connectivity index (χ1n) is 4.28. The molecule has 6 nitrogen and oxygen atoms in total. The molecule has 0 saturated heterocycles. The highest BCUT2D eigenvalue weighted by molar-refractivity contribution is 5.94. The van der Waals surface area contributed by atoms with Crippen LogP contribution in [-0.2, 0) is 4.79 Å². The predicted molar refractivity (Wildman–Crippen MR) is 51.6 cm³/mol. The number of amides is 1. The Bertz CT molecular complexity index is 424. The SMILES string of the molecule is O=C(O)CCNC(=O)c1cc[nH]c(=O)c1. The number of hydrogen-bond donors (Lipinski definition) is 3. The first-order valence-corrected chi connectivity index (χ1v) is 4.28.